The number of carbonyl (C=O) groups excluding carboxylic acids is 2. The molecule has 0 unspecified atom stereocenters. The highest BCUT2D eigenvalue weighted by molar-refractivity contribution is 5.86. The number of esters is 1. The van der Waals surface area contributed by atoms with Crippen molar-refractivity contribution in [1.29, 1.82) is 0 Å². The van der Waals surface area contributed by atoms with Crippen LogP contribution >= 0.6 is 0 Å². The second-order valence-electron chi connectivity index (χ2n) is 8.74. The Balaban J connectivity index is 1.61. The number of hydrogen-bond acceptors (Lipinski definition) is 4. The first-order valence-corrected chi connectivity index (χ1v) is 11.3. The third-order valence-corrected chi connectivity index (χ3v) is 6.34. The minimum Gasteiger partial charge on any atom is -0.466 e. The number of piperidine rings is 1. The maximum Gasteiger partial charge on any atom is 0.313 e. The molecule has 1 aliphatic heterocycles. The molecule has 2 aromatic carbocycles. The summed E-state index contributed by atoms with van der Waals surface area (Å²) >= 11 is 0. The number of benzene rings is 2. The first kappa shape index (κ1) is 22.1. The van der Waals surface area contributed by atoms with Gasteiger partial charge in [0, 0.05) is 30.2 Å². The van der Waals surface area contributed by atoms with Gasteiger partial charge >= 0.3 is 5.97 Å². The predicted molar refractivity (Wildman–Crippen MR) is 125 cm³/mol. The molecule has 1 fully saturated rings. The summed E-state index contributed by atoms with van der Waals surface area (Å²) in [4.78, 5) is 27.0. The van der Waals surface area contributed by atoms with E-state index in [0.29, 0.717) is 26.1 Å². The molecule has 0 saturated carbocycles. The van der Waals surface area contributed by atoms with Gasteiger partial charge in [0.05, 0.1) is 12.0 Å². The Kier molecular flexibility index (Phi) is 6.61. The van der Waals surface area contributed by atoms with Crippen LogP contribution in [0.1, 0.15) is 30.9 Å². The number of aromatic nitrogens is 1. The van der Waals surface area contributed by atoms with Gasteiger partial charge < -0.3 is 15.0 Å². The molecule has 0 aliphatic carbocycles. The van der Waals surface area contributed by atoms with Crippen molar-refractivity contribution in [3.8, 4) is 0 Å². The van der Waals surface area contributed by atoms with Crippen LogP contribution in [0.2, 0.25) is 0 Å². The van der Waals surface area contributed by atoms with Gasteiger partial charge in [0.1, 0.15) is 6.54 Å². The molecule has 0 bridgehead atoms. The Morgan fingerprint density at radius 2 is 1.84 bits per heavy atom. The van der Waals surface area contributed by atoms with Gasteiger partial charge in [0.25, 0.3) is 0 Å². The number of amides is 1. The highest BCUT2D eigenvalue weighted by Gasteiger charge is 2.43. The number of fused-ring (bicyclic) bond motifs is 1. The molecule has 32 heavy (non-hydrogen) atoms. The molecular formula is C26H31N3O3. The van der Waals surface area contributed by atoms with Crippen molar-refractivity contribution in [2.24, 2.45) is 11.1 Å². The van der Waals surface area contributed by atoms with E-state index in [1.165, 1.54) is 0 Å². The molecule has 6 heteroatoms. The van der Waals surface area contributed by atoms with Crippen molar-refractivity contribution in [2.45, 2.75) is 39.3 Å². The Labute approximate surface area is 188 Å². The molecule has 3 aromatic rings. The maximum atomic E-state index is 13.2. The highest BCUT2D eigenvalue weighted by Crippen LogP contribution is 2.36. The molecule has 1 aliphatic rings. The first-order chi connectivity index (χ1) is 15.5. The number of nitrogens with zero attached hydrogens (tertiary/aromatic N) is 2. The number of hydrogen-bond donors (Lipinski definition) is 1. The van der Waals surface area contributed by atoms with Crippen LogP contribution in [-0.2, 0) is 33.8 Å². The Morgan fingerprint density at radius 3 is 2.59 bits per heavy atom. The summed E-state index contributed by atoms with van der Waals surface area (Å²) in [5.41, 5.74) is 8.20. The summed E-state index contributed by atoms with van der Waals surface area (Å²) in [5.74, 6) is -0.468. The lowest BCUT2D eigenvalue weighted by Crippen LogP contribution is -2.49. The largest absolute Gasteiger partial charge is 0.466 e. The van der Waals surface area contributed by atoms with Gasteiger partial charge in [-0.25, -0.2) is 0 Å². The average molecular weight is 434 g/mol. The van der Waals surface area contributed by atoms with E-state index in [1.807, 2.05) is 54.1 Å². The summed E-state index contributed by atoms with van der Waals surface area (Å²) < 4.78 is 7.47. The SMILES string of the molecule is CCOC(=O)[C@]1(Cc2ccccc2)CCCN(Cc2cn(CC(N)=O)c3ccccc23)C1. The fourth-order valence-corrected chi connectivity index (χ4v) is 5.00. The van der Waals surface area contributed by atoms with Crippen LogP contribution in [0.4, 0.5) is 0 Å². The smallest absolute Gasteiger partial charge is 0.313 e. The summed E-state index contributed by atoms with van der Waals surface area (Å²) in [5, 5.41) is 1.11. The van der Waals surface area contributed by atoms with E-state index in [-0.39, 0.29) is 18.4 Å². The van der Waals surface area contributed by atoms with Crippen LogP contribution in [-0.4, -0.2) is 41.0 Å². The van der Waals surface area contributed by atoms with Crippen LogP contribution < -0.4 is 5.73 Å². The quantitative estimate of drug-likeness (QED) is 0.552. The van der Waals surface area contributed by atoms with E-state index in [1.54, 1.807) is 0 Å². The van der Waals surface area contributed by atoms with Crippen molar-refractivity contribution in [3.05, 3.63) is 71.9 Å². The molecule has 6 nitrogen and oxygen atoms in total. The molecule has 168 valence electrons. The fraction of sp³-hybridized carbons (Fsp3) is 0.385. The average Bonchev–Trinajstić information content (AvgIpc) is 3.11. The number of carbonyl (C=O) groups is 2. The van der Waals surface area contributed by atoms with Crippen LogP contribution in [0.25, 0.3) is 10.9 Å². The van der Waals surface area contributed by atoms with Gasteiger partial charge in [0.2, 0.25) is 5.91 Å². The van der Waals surface area contributed by atoms with Crippen molar-refractivity contribution < 1.29 is 14.3 Å². The van der Waals surface area contributed by atoms with Gasteiger partial charge in [-0.15, -0.1) is 0 Å². The van der Waals surface area contributed by atoms with E-state index >= 15 is 0 Å². The molecular weight excluding hydrogens is 402 g/mol. The van der Waals surface area contributed by atoms with Gasteiger partial charge in [-0.3, -0.25) is 14.5 Å². The minimum atomic E-state index is -0.554. The number of rotatable bonds is 8. The molecule has 0 spiro atoms. The van der Waals surface area contributed by atoms with Gasteiger partial charge in [0.15, 0.2) is 0 Å². The molecule has 1 aromatic heterocycles. The second kappa shape index (κ2) is 9.57. The number of para-hydroxylation sites is 1. The molecule has 1 amide bonds. The van der Waals surface area contributed by atoms with Gasteiger partial charge in [-0.1, -0.05) is 48.5 Å². The summed E-state index contributed by atoms with van der Waals surface area (Å²) in [6, 6.07) is 18.3. The van der Waals surface area contributed by atoms with E-state index < -0.39 is 5.41 Å². The van der Waals surface area contributed by atoms with E-state index in [0.717, 1.165) is 41.4 Å². The van der Waals surface area contributed by atoms with Gasteiger partial charge in [-0.05, 0) is 49.9 Å². The molecule has 0 radical (unpaired) electrons. The van der Waals surface area contributed by atoms with E-state index in [2.05, 4.69) is 23.1 Å². The Hall–Kier alpha value is -3.12. The second-order valence-corrected chi connectivity index (χ2v) is 8.74. The van der Waals surface area contributed by atoms with E-state index in [4.69, 9.17) is 10.5 Å². The zero-order valence-corrected chi connectivity index (χ0v) is 18.6. The topological polar surface area (TPSA) is 77.6 Å². The molecule has 2 N–H and O–H groups in total. The van der Waals surface area contributed by atoms with Crippen LogP contribution in [0, 0.1) is 5.41 Å². The minimum absolute atomic E-state index is 0.107. The predicted octanol–water partition coefficient (Wildman–Crippen LogP) is 3.51. The first-order valence-electron chi connectivity index (χ1n) is 11.3. The molecule has 4 rings (SSSR count). The van der Waals surface area contributed by atoms with Crippen LogP contribution in [0.15, 0.2) is 60.8 Å². The number of likely N-dealkylation sites (tertiary alicyclic amines) is 1. The monoisotopic (exact) mass is 433 g/mol. The zero-order valence-electron chi connectivity index (χ0n) is 18.6. The summed E-state index contributed by atoms with van der Waals surface area (Å²) in [6.45, 7) is 4.68. The fourth-order valence-electron chi connectivity index (χ4n) is 5.00. The van der Waals surface area contributed by atoms with Crippen molar-refractivity contribution in [3.63, 3.8) is 0 Å². The summed E-state index contributed by atoms with van der Waals surface area (Å²) in [6.07, 6.45) is 4.45. The number of primary amides is 1. The Bertz CT molecular complexity index is 1090. The van der Waals surface area contributed by atoms with E-state index in [9.17, 15) is 9.59 Å². The van der Waals surface area contributed by atoms with Crippen LogP contribution in [0.3, 0.4) is 0 Å². The van der Waals surface area contributed by atoms with Crippen molar-refractivity contribution in [2.75, 3.05) is 19.7 Å². The number of ether oxygens (including phenoxy) is 1. The maximum absolute atomic E-state index is 13.2. The Morgan fingerprint density at radius 1 is 1.09 bits per heavy atom. The van der Waals surface area contributed by atoms with Gasteiger partial charge in [-0.2, -0.15) is 0 Å². The summed E-state index contributed by atoms with van der Waals surface area (Å²) in [7, 11) is 0. The third-order valence-electron chi connectivity index (χ3n) is 6.34. The van der Waals surface area contributed by atoms with Crippen molar-refractivity contribution in [1.82, 2.24) is 9.47 Å². The zero-order chi connectivity index (χ0) is 22.6. The normalized spacial score (nSPS) is 19.2. The molecule has 1 atom stereocenters. The standard InChI is InChI=1S/C26H31N3O3/c1-2-32-25(31)26(15-20-9-4-3-5-10-20)13-8-14-28(19-26)16-21-17-29(18-24(27)30)23-12-7-6-11-22(21)23/h3-7,9-12,17H,2,8,13-16,18-19H2,1H3,(H2,27,30)/t26-/m0/s1. The third kappa shape index (κ3) is 4.70. The number of nitrogens with two attached hydrogens (primary N) is 1. The molecule has 1 saturated heterocycles. The van der Waals surface area contributed by atoms with Crippen molar-refractivity contribution >= 4 is 22.8 Å². The lowest BCUT2D eigenvalue weighted by molar-refractivity contribution is -0.159. The lowest BCUT2D eigenvalue weighted by atomic mass is 9.75. The highest BCUT2D eigenvalue weighted by atomic mass is 16.5. The lowest BCUT2D eigenvalue weighted by Gasteiger charge is -2.41. The van der Waals surface area contributed by atoms with Crippen LogP contribution in [0.5, 0.6) is 0 Å². The molecule has 2 heterocycles.